The van der Waals surface area contributed by atoms with Crippen molar-refractivity contribution in [2.75, 3.05) is 25.6 Å². The van der Waals surface area contributed by atoms with Gasteiger partial charge in [0, 0.05) is 49.0 Å². The first-order chi connectivity index (χ1) is 20.7. The van der Waals surface area contributed by atoms with Gasteiger partial charge in [0.2, 0.25) is 0 Å². The molecule has 7 nitrogen and oxygen atoms in total. The van der Waals surface area contributed by atoms with E-state index in [9.17, 15) is 14.0 Å². The smallest absolute Gasteiger partial charge is 0.338 e. The third kappa shape index (κ3) is 5.32. The second-order valence-electron chi connectivity index (χ2n) is 10.6. The molecule has 0 aliphatic carbocycles. The molecule has 0 spiro atoms. The fraction of sp³-hybridized carbons (Fsp3) is 0.206. The molecule has 43 heavy (non-hydrogen) atoms. The molecule has 5 aromatic rings. The van der Waals surface area contributed by atoms with Gasteiger partial charge < -0.3 is 14.2 Å². The highest BCUT2D eigenvalue weighted by Crippen LogP contribution is 2.32. The maximum atomic E-state index is 14.1. The van der Waals surface area contributed by atoms with Crippen molar-refractivity contribution in [2.45, 2.75) is 26.4 Å². The molecule has 1 aliphatic heterocycles. The summed E-state index contributed by atoms with van der Waals surface area (Å²) in [5.74, 6) is -0.756. The monoisotopic (exact) mass is 594 g/mol. The van der Waals surface area contributed by atoms with Gasteiger partial charge in [-0.15, -0.1) is 0 Å². The van der Waals surface area contributed by atoms with Gasteiger partial charge in [-0.05, 0) is 61.4 Å². The Morgan fingerprint density at radius 3 is 2.49 bits per heavy atom. The minimum absolute atomic E-state index is 0.217. The number of hydrogen-bond acceptors (Lipinski definition) is 6. The molecule has 0 saturated heterocycles. The van der Waals surface area contributed by atoms with Crippen molar-refractivity contribution in [3.8, 4) is 0 Å². The average molecular weight is 595 g/mol. The van der Waals surface area contributed by atoms with Crippen LogP contribution in [0, 0.1) is 5.82 Å². The predicted octanol–water partition coefficient (Wildman–Crippen LogP) is 5.01. The average Bonchev–Trinajstić information content (AvgIpc) is 3.49. The number of fused-ring (bicyclic) bond motifs is 2. The molecular weight excluding hydrogens is 563 g/mol. The first-order valence-corrected chi connectivity index (χ1v) is 14.9. The molecule has 2 aromatic heterocycles. The van der Waals surface area contributed by atoms with E-state index in [-0.39, 0.29) is 18.0 Å². The number of ether oxygens (including phenoxy) is 1. The summed E-state index contributed by atoms with van der Waals surface area (Å²) in [5, 5.41) is 0.995. The molecule has 1 aliphatic rings. The predicted molar refractivity (Wildman–Crippen MR) is 169 cm³/mol. The van der Waals surface area contributed by atoms with Crippen molar-refractivity contribution in [1.82, 2.24) is 9.13 Å². The van der Waals surface area contributed by atoms with Gasteiger partial charge in [0.15, 0.2) is 4.80 Å². The number of carbonyl (C=O) groups excluding carboxylic acids is 1. The molecule has 0 N–H and O–H groups in total. The van der Waals surface area contributed by atoms with Crippen molar-refractivity contribution in [1.29, 1.82) is 0 Å². The van der Waals surface area contributed by atoms with Gasteiger partial charge in [0.1, 0.15) is 5.82 Å². The Labute approximate surface area is 252 Å². The Morgan fingerprint density at radius 1 is 1.07 bits per heavy atom. The number of esters is 1. The third-order valence-electron chi connectivity index (χ3n) is 7.61. The van der Waals surface area contributed by atoms with Crippen molar-refractivity contribution in [2.24, 2.45) is 4.99 Å². The van der Waals surface area contributed by atoms with Gasteiger partial charge in [-0.1, -0.05) is 53.8 Å². The number of hydrogen-bond donors (Lipinski definition) is 0. The van der Waals surface area contributed by atoms with Crippen LogP contribution in [0.1, 0.15) is 36.6 Å². The largest absolute Gasteiger partial charge is 0.463 e. The first kappa shape index (κ1) is 28.4. The van der Waals surface area contributed by atoms with E-state index in [0.717, 1.165) is 33.3 Å². The molecule has 1 atom stereocenters. The van der Waals surface area contributed by atoms with Gasteiger partial charge in [-0.3, -0.25) is 9.36 Å². The molecule has 9 heteroatoms. The van der Waals surface area contributed by atoms with Gasteiger partial charge in [0.05, 0.1) is 28.5 Å². The quantitative estimate of drug-likeness (QED) is 0.249. The van der Waals surface area contributed by atoms with Crippen molar-refractivity contribution < 1.29 is 13.9 Å². The normalized spacial score (nSPS) is 15.0. The first-order valence-electron chi connectivity index (χ1n) is 14.0. The number of thiazole rings is 1. The van der Waals surface area contributed by atoms with Crippen LogP contribution in [0.5, 0.6) is 0 Å². The lowest BCUT2D eigenvalue weighted by Gasteiger charge is -2.25. The minimum Gasteiger partial charge on any atom is -0.463 e. The number of benzene rings is 3. The fourth-order valence-corrected chi connectivity index (χ4v) is 6.55. The summed E-state index contributed by atoms with van der Waals surface area (Å²) < 4.78 is 23.1. The van der Waals surface area contributed by atoms with Crippen LogP contribution in [0.3, 0.4) is 0 Å². The Balaban J connectivity index is 1.50. The molecule has 0 amide bonds. The molecule has 0 unspecified atom stereocenters. The Bertz CT molecular complexity index is 2050. The van der Waals surface area contributed by atoms with Gasteiger partial charge in [-0.2, -0.15) is 0 Å². The number of para-hydroxylation sites is 1. The number of allylic oxidation sites excluding steroid dienone is 1. The lowest BCUT2D eigenvalue weighted by Crippen LogP contribution is -2.39. The summed E-state index contributed by atoms with van der Waals surface area (Å²) in [4.78, 5) is 34.6. The highest BCUT2D eigenvalue weighted by molar-refractivity contribution is 7.07. The van der Waals surface area contributed by atoms with E-state index in [4.69, 9.17) is 9.73 Å². The van der Waals surface area contributed by atoms with E-state index in [2.05, 4.69) is 4.57 Å². The van der Waals surface area contributed by atoms with Crippen LogP contribution in [-0.4, -0.2) is 35.8 Å². The lowest BCUT2D eigenvalue weighted by atomic mass is 9.95. The Morgan fingerprint density at radius 2 is 1.79 bits per heavy atom. The molecule has 0 bridgehead atoms. The molecule has 3 aromatic carbocycles. The molecule has 6 rings (SSSR count). The van der Waals surface area contributed by atoms with Crippen LogP contribution < -0.4 is 19.8 Å². The third-order valence-corrected chi connectivity index (χ3v) is 8.60. The highest BCUT2D eigenvalue weighted by Gasteiger charge is 2.33. The zero-order chi connectivity index (χ0) is 30.2. The number of halogens is 1. The number of aromatic nitrogens is 2. The summed E-state index contributed by atoms with van der Waals surface area (Å²) in [7, 11) is 3.92. The summed E-state index contributed by atoms with van der Waals surface area (Å²) in [6, 6.07) is 21.6. The SMILES string of the molecule is CCOC(=O)C1=C(C)N=c2s/c(=C\c3cn(Cc4ccc(F)cc4)c4ccccc34)c(=O)n2[C@@H]1c1ccc(N(C)C)cc1. The number of carbonyl (C=O) groups is 1. The van der Waals surface area contributed by atoms with E-state index in [0.29, 0.717) is 27.1 Å². The molecular formula is C34H31FN4O3S. The molecule has 218 valence electrons. The van der Waals surface area contributed by atoms with Crippen molar-refractivity contribution in [3.63, 3.8) is 0 Å². The molecule has 3 heterocycles. The highest BCUT2D eigenvalue weighted by atomic mass is 32.1. The van der Waals surface area contributed by atoms with Crippen LogP contribution in [-0.2, 0) is 16.1 Å². The van der Waals surface area contributed by atoms with Crippen LogP contribution in [0.4, 0.5) is 10.1 Å². The van der Waals surface area contributed by atoms with Gasteiger partial charge in [0.25, 0.3) is 5.56 Å². The topological polar surface area (TPSA) is 68.8 Å². The fourth-order valence-electron chi connectivity index (χ4n) is 5.51. The summed E-state index contributed by atoms with van der Waals surface area (Å²) in [6.45, 7) is 4.32. The molecule has 0 radical (unpaired) electrons. The van der Waals surface area contributed by atoms with E-state index in [1.54, 1.807) is 30.5 Å². The van der Waals surface area contributed by atoms with Crippen LogP contribution >= 0.6 is 11.3 Å². The van der Waals surface area contributed by atoms with Gasteiger partial charge >= 0.3 is 5.97 Å². The van der Waals surface area contributed by atoms with E-state index >= 15 is 0 Å². The molecule has 0 fully saturated rings. The van der Waals surface area contributed by atoms with E-state index < -0.39 is 12.0 Å². The van der Waals surface area contributed by atoms with Gasteiger partial charge in [-0.25, -0.2) is 14.2 Å². The number of nitrogens with zero attached hydrogens (tertiary/aromatic N) is 4. The number of anilines is 1. The second-order valence-corrected chi connectivity index (χ2v) is 11.7. The van der Waals surface area contributed by atoms with E-state index in [1.807, 2.05) is 79.8 Å². The van der Waals surface area contributed by atoms with Crippen LogP contribution in [0.2, 0.25) is 0 Å². The maximum absolute atomic E-state index is 14.1. The summed E-state index contributed by atoms with van der Waals surface area (Å²) in [5.41, 5.74) is 5.32. The Hall–Kier alpha value is -4.76. The zero-order valence-corrected chi connectivity index (χ0v) is 25.2. The lowest BCUT2D eigenvalue weighted by molar-refractivity contribution is -0.139. The zero-order valence-electron chi connectivity index (χ0n) is 24.4. The van der Waals surface area contributed by atoms with Crippen LogP contribution in [0.25, 0.3) is 17.0 Å². The standard InChI is InChI=1S/C34H31FN4O3S/c1-5-42-33(41)30-21(2)36-34-39(31(30)23-12-16-26(17-13-23)37(3)4)32(40)29(43-34)18-24-20-38(28-9-7-6-8-27(24)28)19-22-10-14-25(35)15-11-22/h6-18,20,31H,5,19H2,1-4H3/b29-18-/t31-/m1/s1. The second kappa shape index (κ2) is 11.5. The van der Waals surface area contributed by atoms with E-state index in [1.165, 1.54) is 23.5 Å². The van der Waals surface area contributed by atoms with Crippen LogP contribution in [0.15, 0.2) is 100 Å². The summed E-state index contributed by atoms with van der Waals surface area (Å²) >= 11 is 1.30. The number of rotatable bonds is 7. The van der Waals surface area contributed by atoms with Crippen molar-refractivity contribution in [3.05, 3.63) is 132 Å². The molecule has 0 saturated carbocycles. The maximum Gasteiger partial charge on any atom is 0.338 e. The minimum atomic E-state index is -0.673. The van der Waals surface area contributed by atoms with Crippen molar-refractivity contribution >= 4 is 40.0 Å². The summed E-state index contributed by atoms with van der Waals surface area (Å²) in [6.07, 6.45) is 3.90. The Kier molecular flexibility index (Phi) is 7.58.